The fraction of sp³-hybridized carbons (Fsp3) is 0.357. The van der Waals surface area contributed by atoms with Gasteiger partial charge in [0.15, 0.2) is 0 Å². The molecule has 2 aliphatic rings. The second kappa shape index (κ2) is 9.82. The van der Waals surface area contributed by atoms with E-state index in [1.165, 1.54) is 11.8 Å². The number of aromatic nitrogens is 2. The average Bonchev–Trinajstić information content (AvgIpc) is 3.13. The Kier molecular flexibility index (Phi) is 6.74. The van der Waals surface area contributed by atoms with Gasteiger partial charge < -0.3 is 4.90 Å². The number of benzene rings is 1. The molecule has 0 bridgehead atoms. The van der Waals surface area contributed by atoms with Crippen LogP contribution in [0.2, 0.25) is 0 Å². The van der Waals surface area contributed by atoms with Crippen molar-refractivity contribution in [3.05, 3.63) is 80.6 Å². The first-order chi connectivity index (χ1) is 17.2. The minimum atomic E-state index is -0.202. The van der Waals surface area contributed by atoms with E-state index in [2.05, 4.69) is 18.7 Å². The molecular weight excluding hydrogens is 488 g/mol. The first-order valence-electron chi connectivity index (χ1n) is 12.3. The summed E-state index contributed by atoms with van der Waals surface area (Å²) < 4.78 is 2.07. The van der Waals surface area contributed by atoms with E-state index >= 15 is 0 Å². The Balaban J connectivity index is 1.61. The number of carbonyl (C=O) groups is 1. The van der Waals surface area contributed by atoms with Crippen molar-refractivity contribution in [1.29, 1.82) is 0 Å². The number of thiocarbonyl (C=S) groups is 1. The van der Waals surface area contributed by atoms with E-state index in [4.69, 9.17) is 17.2 Å². The minimum absolute atomic E-state index is 0.175. The first-order valence-corrected chi connectivity index (χ1v) is 13.6. The molecule has 0 aliphatic carbocycles. The molecule has 0 spiro atoms. The fourth-order valence-electron chi connectivity index (χ4n) is 5.28. The normalized spacial score (nSPS) is 22.6. The van der Waals surface area contributed by atoms with Crippen molar-refractivity contribution in [2.45, 2.75) is 40.2 Å². The quantitative estimate of drug-likeness (QED) is 0.338. The molecule has 5 rings (SSSR count). The lowest BCUT2D eigenvalue weighted by Crippen LogP contribution is -2.40. The largest absolute Gasteiger partial charge is 0.355 e. The van der Waals surface area contributed by atoms with Gasteiger partial charge in [-0.2, -0.15) is 0 Å². The molecule has 1 aromatic carbocycles. The molecule has 0 N–H and O–H groups in total. The predicted molar refractivity (Wildman–Crippen MR) is 151 cm³/mol. The molecule has 0 radical (unpaired) electrons. The van der Waals surface area contributed by atoms with Crippen molar-refractivity contribution in [3.8, 4) is 0 Å². The highest BCUT2D eigenvalue weighted by Gasteiger charge is 2.37. The Hall–Kier alpha value is -2.97. The van der Waals surface area contributed by atoms with E-state index in [0.29, 0.717) is 38.1 Å². The number of fused-ring (bicyclic) bond motifs is 1. The third-order valence-corrected chi connectivity index (χ3v) is 8.25. The third-order valence-electron chi connectivity index (χ3n) is 6.92. The second-order valence-electron chi connectivity index (χ2n) is 10.1. The highest BCUT2D eigenvalue weighted by Crippen LogP contribution is 2.39. The van der Waals surface area contributed by atoms with Gasteiger partial charge in [-0.15, -0.1) is 0 Å². The van der Waals surface area contributed by atoms with E-state index < -0.39 is 0 Å². The van der Waals surface area contributed by atoms with Crippen LogP contribution in [0.1, 0.15) is 49.9 Å². The maximum absolute atomic E-state index is 13.8. The van der Waals surface area contributed by atoms with Gasteiger partial charge >= 0.3 is 0 Å². The van der Waals surface area contributed by atoms with Gasteiger partial charge in [-0.25, -0.2) is 4.98 Å². The van der Waals surface area contributed by atoms with E-state index in [-0.39, 0.29) is 17.5 Å². The zero-order chi connectivity index (χ0) is 25.6. The van der Waals surface area contributed by atoms with Gasteiger partial charge in [0, 0.05) is 19.3 Å². The molecule has 4 heterocycles. The van der Waals surface area contributed by atoms with E-state index in [1.54, 1.807) is 21.6 Å². The molecule has 3 aromatic rings. The molecule has 2 aromatic heterocycles. The van der Waals surface area contributed by atoms with Crippen LogP contribution in [0.15, 0.2) is 58.4 Å². The highest BCUT2D eigenvalue weighted by molar-refractivity contribution is 8.26. The van der Waals surface area contributed by atoms with Gasteiger partial charge in [-0.3, -0.25) is 18.9 Å². The third kappa shape index (κ3) is 4.60. The Labute approximate surface area is 221 Å². The van der Waals surface area contributed by atoms with E-state index in [1.807, 2.05) is 56.3 Å². The molecule has 2 fully saturated rings. The number of thioether (sulfide) groups is 1. The van der Waals surface area contributed by atoms with Crippen LogP contribution < -0.4 is 10.5 Å². The summed E-state index contributed by atoms with van der Waals surface area (Å²) in [5, 5.41) is 0. The maximum atomic E-state index is 13.8. The zero-order valence-electron chi connectivity index (χ0n) is 21.0. The van der Waals surface area contributed by atoms with Gasteiger partial charge in [-0.1, -0.05) is 74.2 Å². The second-order valence-corrected chi connectivity index (χ2v) is 11.8. The number of pyridine rings is 1. The number of carbonyl (C=O) groups excluding carboxylic acids is 1. The number of hydrogen-bond acceptors (Lipinski definition) is 6. The number of piperidine rings is 1. The molecule has 0 saturated carbocycles. The lowest BCUT2D eigenvalue weighted by molar-refractivity contribution is -0.123. The summed E-state index contributed by atoms with van der Waals surface area (Å²) >= 11 is 6.87. The smallest absolute Gasteiger partial charge is 0.267 e. The Morgan fingerprint density at radius 2 is 1.78 bits per heavy atom. The molecule has 186 valence electrons. The summed E-state index contributed by atoms with van der Waals surface area (Å²) in [5.41, 5.74) is 2.84. The molecule has 3 atom stereocenters. The maximum Gasteiger partial charge on any atom is 0.267 e. The first kappa shape index (κ1) is 24.7. The molecule has 8 heteroatoms. The monoisotopic (exact) mass is 518 g/mol. The SMILES string of the molecule is Cc1ccc2nc(N3C[C@H](C)C[C@@H](C)C3)c(/C=C3\SC(=S)N([C@@H](C)c4ccccc4)C3=O)c(=O)n2c1. The number of aryl methyl sites for hydroxylation is 1. The molecule has 36 heavy (non-hydrogen) atoms. The molecular formula is C28H30N4O2S2. The van der Waals surface area contributed by atoms with Crippen molar-refractivity contribution in [1.82, 2.24) is 14.3 Å². The topological polar surface area (TPSA) is 57.9 Å². The van der Waals surface area contributed by atoms with Gasteiger partial charge in [0.05, 0.1) is 16.5 Å². The van der Waals surface area contributed by atoms with Crippen molar-refractivity contribution >= 4 is 51.7 Å². The number of amides is 1. The van der Waals surface area contributed by atoms with Crippen LogP contribution in [-0.4, -0.2) is 37.6 Å². The van der Waals surface area contributed by atoms with Gasteiger partial charge in [0.2, 0.25) is 0 Å². The zero-order valence-corrected chi connectivity index (χ0v) is 22.6. The van der Waals surface area contributed by atoms with Crippen molar-refractivity contribution in [2.75, 3.05) is 18.0 Å². The standard InChI is InChI=1S/C28H30N4O2S2/c1-17-10-11-24-29-25(30-14-18(2)12-19(3)15-30)22(26(33)31(24)16-17)13-23-27(34)32(28(35)36-23)20(4)21-8-6-5-7-9-21/h5-11,13,16,18-20H,12,14-15H2,1-4H3/b23-13-/t18-,19-,20+/m1/s1. The average molecular weight is 519 g/mol. The van der Waals surface area contributed by atoms with Crippen LogP contribution in [0.3, 0.4) is 0 Å². The number of anilines is 1. The van der Waals surface area contributed by atoms with E-state index in [0.717, 1.165) is 30.6 Å². The molecule has 2 aliphatic heterocycles. The summed E-state index contributed by atoms with van der Waals surface area (Å²) in [6.45, 7) is 10.0. The lowest BCUT2D eigenvalue weighted by atomic mass is 9.91. The van der Waals surface area contributed by atoms with Crippen molar-refractivity contribution in [3.63, 3.8) is 0 Å². The number of rotatable bonds is 4. The summed E-state index contributed by atoms with van der Waals surface area (Å²) in [6, 6.07) is 13.5. The number of hydrogen-bond donors (Lipinski definition) is 0. The Morgan fingerprint density at radius 3 is 2.47 bits per heavy atom. The molecule has 1 amide bonds. The molecule has 0 unspecified atom stereocenters. The predicted octanol–water partition coefficient (Wildman–Crippen LogP) is 5.45. The van der Waals surface area contributed by atoms with Crippen LogP contribution in [0.25, 0.3) is 11.7 Å². The Morgan fingerprint density at radius 1 is 1.08 bits per heavy atom. The summed E-state index contributed by atoms with van der Waals surface area (Å²) in [5.74, 6) is 1.44. The van der Waals surface area contributed by atoms with Crippen LogP contribution in [0.5, 0.6) is 0 Å². The van der Waals surface area contributed by atoms with Gasteiger partial charge in [0.25, 0.3) is 11.5 Å². The van der Waals surface area contributed by atoms with Crippen LogP contribution in [0.4, 0.5) is 5.82 Å². The Bertz CT molecular complexity index is 1420. The minimum Gasteiger partial charge on any atom is -0.355 e. The van der Waals surface area contributed by atoms with Crippen molar-refractivity contribution in [2.24, 2.45) is 11.8 Å². The summed E-state index contributed by atoms with van der Waals surface area (Å²) in [6.07, 6.45) is 4.66. The van der Waals surface area contributed by atoms with Gasteiger partial charge in [-0.05, 0) is 55.4 Å². The molecule has 6 nitrogen and oxygen atoms in total. The lowest BCUT2D eigenvalue weighted by Gasteiger charge is -2.36. The summed E-state index contributed by atoms with van der Waals surface area (Å²) in [7, 11) is 0. The van der Waals surface area contributed by atoms with Crippen LogP contribution in [-0.2, 0) is 4.79 Å². The van der Waals surface area contributed by atoms with Crippen molar-refractivity contribution < 1.29 is 4.79 Å². The summed E-state index contributed by atoms with van der Waals surface area (Å²) in [4.78, 5) is 36.6. The van der Waals surface area contributed by atoms with Crippen LogP contribution >= 0.6 is 24.0 Å². The molecule has 2 saturated heterocycles. The fourth-order valence-corrected chi connectivity index (χ4v) is 6.68. The van der Waals surface area contributed by atoms with E-state index in [9.17, 15) is 9.59 Å². The number of nitrogens with zero attached hydrogens (tertiary/aromatic N) is 4. The van der Waals surface area contributed by atoms with Gasteiger partial charge in [0.1, 0.15) is 15.8 Å². The van der Waals surface area contributed by atoms with Crippen LogP contribution in [0, 0.1) is 18.8 Å². The highest BCUT2D eigenvalue weighted by atomic mass is 32.2.